The van der Waals surface area contributed by atoms with E-state index in [1.807, 2.05) is 23.3 Å². The summed E-state index contributed by atoms with van der Waals surface area (Å²) in [4.78, 5) is 8.87. The topological polar surface area (TPSA) is 94.2 Å². The van der Waals surface area contributed by atoms with Crippen molar-refractivity contribution in [3.05, 3.63) is 28.6 Å². The summed E-state index contributed by atoms with van der Waals surface area (Å²) in [5, 5.41) is 15.9. The quantitative estimate of drug-likeness (QED) is 0.372. The van der Waals surface area contributed by atoms with Gasteiger partial charge in [0.25, 0.3) is 0 Å². The van der Waals surface area contributed by atoms with E-state index in [0.717, 1.165) is 42.7 Å². The first-order chi connectivity index (χ1) is 12.5. The third kappa shape index (κ3) is 4.98. The van der Waals surface area contributed by atoms with Gasteiger partial charge in [-0.1, -0.05) is 0 Å². The highest BCUT2D eigenvalue weighted by Crippen LogP contribution is 2.14. The summed E-state index contributed by atoms with van der Waals surface area (Å²) < 4.78 is 9.00. The summed E-state index contributed by atoms with van der Waals surface area (Å²) in [7, 11) is 5.42. The molecule has 2 aromatic rings. The van der Waals surface area contributed by atoms with Crippen molar-refractivity contribution in [3.8, 4) is 0 Å². The van der Waals surface area contributed by atoms with E-state index in [1.165, 1.54) is 11.3 Å². The highest BCUT2D eigenvalue weighted by molar-refractivity contribution is 14.0. The van der Waals surface area contributed by atoms with Crippen LogP contribution >= 0.6 is 24.0 Å². The summed E-state index contributed by atoms with van der Waals surface area (Å²) in [5.41, 5.74) is 3.42. The van der Waals surface area contributed by atoms with Gasteiger partial charge in [0.2, 0.25) is 0 Å². The van der Waals surface area contributed by atoms with Crippen molar-refractivity contribution in [1.82, 2.24) is 35.2 Å². The minimum absolute atomic E-state index is 0. The number of fused-ring (bicyclic) bond motifs is 1. The van der Waals surface area contributed by atoms with Crippen molar-refractivity contribution in [2.24, 2.45) is 12.0 Å². The van der Waals surface area contributed by atoms with E-state index >= 15 is 0 Å². The zero-order chi connectivity index (χ0) is 18.7. The van der Waals surface area contributed by atoms with E-state index in [0.29, 0.717) is 13.2 Å². The maximum absolute atomic E-state index is 5.12. The molecule has 1 aliphatic rings. The van der Waals surface area contributed by atoms with Gasteiger partial charge >= 0.3 is 0 Å². The molecule has 0 saturated carbocycles. The number of ether oxygens (including phenoxy) is 1. The highest BCUT2D eigenvalue weighted by Gasteiger charge is 2.22. The number of aliphatic imine (C=N–C) groups is 1. The molecule has 0 amide bonds. The Labute approximate surface area is 177 Å². The Morgan fingerprint density at radius 3 is 2.74 bits per heavy atom. The van der Waals surface area contributed by atoms with Gasteiger partial charge in [-0.25, -0.2) is 9.67 Å². The van der Waals surface area contributed by atoms with Gasteiger partial charge in [-0.3, -0.25) is 9.67 Å². The minimum atomic E-state index is 0. The molecule has 0 aromatic carbocycles. The standard InChI is InChI=1S/C17H28N8O.HI/c1-11-14(12(2)24(4)22-11)8-19-17(18-3)20-13-6-7-16-21-15(10-26-5)23-25(16)9-13;/h13H,6-10H2,1-5H3,(H2,18,19,20);1H. The number of nitrogens with zero attached hydrogens (tertiary/aromatic N) is 6. The average molecular weight is 488 g/mol. The molecule has 0 fully saturated rings. The highest BCUT2D eigenvalue weighted by atomic mass is 127. The van der Waals surface area contributed by atoms with Crippen LogP contribution in [0.4, 0.5) is 0 Å². The van der Waals surface area contributed by atoms with Crippen LogP contribution in [0.25, 0.3) is 0 Å². The number of nitrogens with one attached hydrogen (secondary N) is 2. The van der Waals surface area contributed by atoms with Gasteiger partial charge in [-0.2, -0.15) is 10.2 Å². The van der Waals surface area contributed by atoms with Gasteiger partial charge in [-0.05, 0) is 20.3 Å². The lowest BCUT2D eigenvalue weighted by atomic mass is 10.1. The van der Waals surface area contributed by atoms with Crippen molar-refractivity contribution < 1.29 is 4.74 Å². The van der Waals surface area contributed by atoms with Crippen molar-refractivity contribution in [2.45, 2.75) is 52.4 Å². The van der Waals surface area contributed by atoms with Crippen LogP contribution < -0.4 is 10.6 Å². The van der Waals surface area contributed by atoms with Crippen LogP contribution in [-0.4, -0.2) is 50.7 Å². The van der Waals surface area contributed by atoms with Crippen molar-refractivity contribution in [1.29, 1.82) is 0 Å². The number of guanidine groups is 1. The Morgan fingerprint density at radius 2 is 2.11 bits per heavy atom. The number of methoxy groups -OCH3 is 1. The van der Waals surface area contributed by atoms with E-state index in [-0.39, 0.29) is 30.0 Å². The fourth-order valence-electron chi connectivity index (χ4n) is 3.30. The molecule has 27 heavy (non-hydrogen) atoms. The summed E-state index contributed by atoms with van der Waals surface area (Å²) in [6.45, 7) is 6.04. The molecule has 0 radical (unpaired) electrons. The zero-order valence-corrected chi connectivity index (χ0v) is 18.9. The minimum Gasteiger partial charge on any atom is -0.377 e. The molecule has 1 aliphatic heterocycles. The smallest absolute Gasteiger partial charge is 0.191 e. The van der Waals surface area contributed by atoms with Crippen LogP contribution in [-0.2, 0) is 37.9 Å². The lowest BCUT2D eigenvalue weighted by molar-refractivity contribution is 0.177. The summed E-state index contributed by atoms with van der Waals surface area (Å²) in [6.07, 6.45) is 1.89. The molecule has 1 atom stereocenters. The second kappa shape index (κ2) is 9.49. The lowest BCUT2D eigenvalue weighted by Gasteiger charge is -2.25. The van der Waals surface area contributed by atoms with Crippen LogP contribution in [0.1, 0.15) is 35.0 Å². The molecule has 0 bridgehead atoms. The van der Waals surface area contributed by atoms with Gasteiger partial charge in [0.15, 0.2) is 11.8 Å². The van der Waals surface area contributed by atoms with Gasteiger partial charge in [0, 0.05) is 51.5 Å². The van der Waals surface area contributed by atoms with Crippen LogP contribution in [0.5, 0.6) is 0 Å². The number of rotatable bonds is 5. The molecule has 0 saturated heterocycles. The van der Waals surface area contributed by atoms with Gasteiger partial charge in [-0.15, -0.1) is 24.0 Å². The van der Waals surface area contributed by atoms with E-state index in [4.69, 9.17) is 4.74 Å². The molecule has 150 valence electrons. The fourth-order valence-corrected chi connectivity index (χ4v) is 3.30. The maximum Gasteiger partial charge on any atom is 0.191 e. The Hall–Kier alpha value is -1.69. The van der Waals surface area contributed by atoms with Crippen molar-refractivity contribution >= 4 is 29.9 Å². The molecule has 10 heteroatoms. The number of aromatic nitrogens is 5. The molecule has 0 spiro atoms. The fraction of sp³-hybridized carbons (Fsp3) is 0.647. The average Bonchev–Trinajstić information content (AvgIpc) is 3.12. The molecule has 9 nitrogen and oxygen atoms in total. The third-order valence-electron chi connectivity index (χ3n) is 4.83. The SMILES string of the molecule is CN=C(NCc1c(C)nn(C)c1C)NC1CCc2nc(COC)nn2C1.I. The largest absolute Gasteiger partial charge is 0.377 e. The maximum atomic E-state index is 5.12. The molecule has 1 unspecified atom stereocenters. The van der Waals surface area contributed by atoms with Crippen molar-refractivity contribution in [2.75, 3.05) is 14.2 Å². The number of halogens is 1. The van der Waals surface area contributed by atoms with E-state index in [2.05, 4.69) is 37.7 Å². The van der Waals surface area contributed by atoms with Gasteiger partial charge in [0.1, 0.15) is 12.4 Å². The number of hydrogen-bond acceptors (Lipinski definition) is 5. The third-order valence-corrected chi connectivity index (χ3v) is 4.83. The molecular formula is C17H29IN8O. The monoisotopic (exact) mass is 488 g/mol. The van der Waals surface area contributed by atoms with Crippen molar-refractivity contribution in [3.63, 3.8) is 0 Å². The van der Waals surface area contributed by atoms with Gasteiger partial charge < -0.3 is 15.4 Å². The summed E-state index contributed by atoms with van der Waals surface area (Å²) in [5.74, 6) is 2.56. The Kier molecular flexibility index (Phi) is 7.59. The Bertz CT molecular complexity index is 797. The number of aryl methyl sites for hydroxylation is 3. The van der Waals surface area contributed by atoms with Crippen LogP contribution in [0.3, 0.4) is 0 Å². The first kappa shape index (κ1) is 21.6. The first-order valence-corrected chi connectivity index (χ1v) is 8.89. The normalized spacial score (nSPS) is 16.6. The second-order valence-corrected chi connectivity index (χ2v) is 6.64. The Balaban J connectivity index is 0.00000261. The Morgan fingerprint density at radius 1 is 1.33 bits per heavy atom. The zero-order valence-electron chi connectivity index (χ0n) is 16.6. The molecule has 2 aromatic heterocycles. The van der Waals surface area contributed by atoms with E-state index in [1.54, 1.807) is 14.2 Å². The number of hydrogen-bond donors (Lipinski definition) is 2. The van der Waals surface area contributed by atoms with E-state index < -0.39 is 0 Å². The molecule has 3 heterocycles. The van der Waals surface area contributed by atoms with E-state index in [9.17, 15) is 0 Å². The molecule has 2 N–H and O–H groups in total. The first-order valence-electron chi connectivity index (χ1n) is 8.89. The predicted molar refractivity (Wildman–Crippen MR) is 114 cm³/mol. The van der Waals surface area contributed by atoms with Crippen LogP contribution in [0.15, 0.2) is 4.99 Å². The second-order valence-electron chi connectivity index (χ2n) is 6.64. The molecule has 3 rings (SSSR count). The molecular weight excluding hydrogens is 459 g/mol. The summed E-state index contributed by atoms with van der Waals surface area (Å²) in [6, 6.07) is 0.266. The van der Waals surface area contributed by atoms with Crippen LogP contribution in [0.2, 0.25) is 0 Å². The van der Waals surface area contributed by atoms with Gasteiger partial charge in [0.05, 0.1) is 12.2 Å². The lowest BCUT2D eigenvalue weighted by Crippen LogP contribution is -2.46. The van der Waals surface area contributed by atoms with Crippen LogP contribution in [0, 0.1) is 13.8 Å². The predicted octanol–water partition coefficient (Wildman–Crippen LogP) is 1.07. The summed E-state index contributed by atoms with van der Waals surface area (Å²) >= 11 is 0. The molecule has 0 aliphatic carbocycles.